The van der Waals surface area contributed by atoms with Gasteiger partial charge in [0.05, 0.1) is 26.2 Å². The van der Waals surface area contributed by atoms with Gasteiger partial charge in [0.1, 0.15) is 11.5 Å². The molecule has 0 radical (unpaired) electrons. The molecule has 4 rings (SSSR count). The molecule has 1 aliphatic rings. The SMILES string of the molecule is CCOC(=O)C[C@@H](c1ccc(OC)c(F)c1)N1CCn2cc(CNc3ccccn3)cc2C1=O. The maximum Gasteiger partial charge on any atom is 0.308 e. The maximum absolute atomic E-state index is 14.5. The molecule has 0 saturated heterocycles. The van der Waals surface area contributed by atoms with Crippen LogP contribution in [0.25, 0.3) is 0 Å². The van der Waals surface area contributed by atoms with Gasteiger partial charge in [-0.1, -0.05) is 12.1 Å². The second kappa shape index (κ2) is 10.4. The van der Waals surface area contributed by atoms with Gasteiger partial charge < -0.3 is 24.3 Å². The lowest BCUT2D eigenvalue weighted by Crippen LogP contribution is -2.43. The van der Waals surface area contributed by atoms with Gasteiger partial charge in [0.25, 0.3) is 5.91 Å². The zero-order chi connectivity index (χ0) is 24.1. The molecule has 1 atom stereocenters. The average molecular weight is 467 g/mol. The Labute approximate surface area is 197 Å². The van der Waals surface area contributed by atoms with Crippen LogP contribution in [0, 0.1) is 5.82 Å². The summed E-state index contributed by atoms with van der Waals surface area (Å²) >= 11 is 0. The Morgan fingerprint density at radius 2 is 2.09 bits per heavy atom. The number of anilines is 1. The van der Waals surface area contributed by atoms with Gasteiger partial charge >= 0.3 is 5.97 Å². The number of aromatic nitrogens is 2. The molecule has 1 aromatic carbocycles. The standard InChI is InChI=1S/C25H27FN4O4/c1-3-34-24(31)14-20(18-7-8-22(33-2)19(26)13-18)30-11-10-29-16-17(12-21(29)25(30)32)15-28-23-6-4-5-9-27-23/h4-9,12-13,16,20H,3,10-11,14-15H2,1-2H3,(H,27,28)/t20-/m0/s1. The van der Waals surface area contributed by atoms with Crippen molar-refractivity contribution in [2.45, 2.75) is 32.5 Å². The van der Waals surface area contributed by atoms with E-state index in [-0.39, 0.29) is 24.7 Å². The molecule has 0 unspecified atom stereocenters. The van der Waals surface area contributed by atoms with Crippen molar-refractivity contribution in [3.63, 3.8) is 0 Å². The van der Waals surface area contributed by atoms with Crippen LogP contribution in [-0.4, -0.2) is 46.6 Å². The number of carbonyl (C=O) groups excluding carboxylic acids is 2. The summed E-state index contributed by atoms with van der Waals surface area (Å²) in [6.07, 6.45) is 3.58. The van der Waals surface area contributed by atoms with Crippen LogP contribution in [0.2, 0.25) is 0 Å². The summed E-state index contributed by atoms with van der Waals surface area (Å²) in [5.41, 5.74) is 1.97. The molecule has 0 spiro atoms. The van der Waals surface area contributed by atoms with Gasteiger partial charge in [-0.3, -0.25) is 9.59 Å². The number of benzene rings is 1. The van der Waals surface area contributed by atoms with Crippen LogP contribution in [0.15, 0.2) is 54.9 Å². The van der Waals surface area contributed by atoms with E-state index in [2.05, 4.69) is 10.3 Å². The first-order valence-corrected chi connectivity index (χ1v) is 11.1. The predicted octanol–water partition coefficient (Wildman–Crippen LogP) is 3.79. The number of halogens is 1. The summed E-state index contributed by atoms with van der Waals surface area (Å²) in [4.78, 5) is 31.7. The fourth-order valence-electron chi connectivity index (χ4n) is 4.13. The number of ether oxygens (including phenoxy) is 2. The highest BCUT2D eigenvalue weighted by Gasteiger charge is 2.33. The number of methoxy groups -OCH3 is 1. The molecule has 34 heavy (non-hydrogen) atoms. The number of pyridine rings is 1. The number of amides is 1. The highest BCUT2D eigenvalue weighted by Crippen LogP contribution is 2.32. The summed E-state index contributed by atoms with van der Waals surface area (Å²) in [7, 11) is 1.39. The third kappa shape index (κ3) is 5.03. The van der Waals surface area contributed by atoms with Gasteiger partial charge in [-0.15, -0.1) is 0 Å². The van der Waals surface area contributed by atoms with Crippen LogP contribution >= 0.6 is 0 Å². The van der Waals surface area contributed by atoms with E-state index in [9.17, 15) is 14.0 Å². The number of hydrogen-bond acceptors (Lipinski definition) is 6. The van der Waals surface area contributed by atoms with E-state index in [1.54, 1.807) is 24.1 Å². The molecule has 3 aromatic rings. The summed E-state index contributed by atoms with van der Waals surface area (Å²) in [6.45, 7) is 3.40. The molecule has 1 N–H and O–H groups in total. The van der Waals surface area contributed by atoms with Crippen molar-refractivity contribution in [1.29, 1.82) is 0 Å². The van der Waals surface area contributed by atoms with Crippen molar-refractivity contribution in [3.05, 3.63) is 77.5 Å². The first kappa shape index (κ1) is 23.3. The molecule has 0 fully saturated rings. The van der Waals surface area contributed by atoms with Gasteiger partial charge in [-0.2, -0.15) is 0 Å². The molecule has 1 aliphatic heterocycles. The van der Waals surface area contributed by atoms with Crippen molar-refractivity contribution in [1.82, 2.24) is 14.5 Å². The Morgan fingerprint density at radius 1 is 1.24 bits per heavy atom. The molecule has 0 aliphatic carbocycles. The van der Waals surface area contributed by atoms with Gasteiger partial charge in [-0.25, -0.2) is 9.37 Å². The topological polar surface area (TPSA) is 85.7 Å². The summed E-state index contributed by atoms with van der Waals surface area (Å²) in [5.74, 6) is -0.374. The number of esters is 1. The van der Waals surface area contributed by atoms with Crippen LogP contribution in [0.4, 0.5) is 10.2 Å². The molecule has 178 valence electrons. The van der Waals surface area contributed by atoms with E-state index >= 15 is 0 Å². The fourth-order valence-corrected chi connectivity index (χ4v) is 4.13. The van der Waals surface area contributed by atoms with Crippen LogP contribution in [0.1, 0.15) is 41.0 Å². The molecular formula is C25H27FN4O4. The Hall–Kier alpha value is -3.88. The maximum atomic E-state index is 14.5. The van der Waals surface area contributed by atoms with Crippen molar-refractivity contribution >= 4 is 17.7 Å². The van der Waals surface area contributed by atoms with Gasteiger partial charge in [0, 0.05) is 32.0 Å². The minimum Gasteiger partial charge on any atom is -0.494 e. The third-order valence-electron chi connectivity index (χ3n) is 5.76. The number of nitrogens with zero attached hydrogens (tertiary/aromatic N) is 3. The number of carbonyl (C=O) groups is 2. The normalized spacial score (nSPS) is 13.9. The van der Waals surface area contributed by atoms with Crippen LogP contribution in [0.3, 0.4) is 0 Å². The summed E-state index contributed by atoms with van der Waals surface area (Å²) in [6, 6.07) is 11.3. The van der Waals surface area contributed by atoms with E-state index in [1.807, 2.05) is 35.0 Å². The molecule has 0 bridgehead atoms. The van der Waals surface area contributed by atoms with Crippen molar-refractivity contribution < 1.29 is 23.5 Å². The monoisotopic (exact) mass is 466 g/mol. The number of fused-ring (bicyclic) bond motifs is 1. The number of rotatable bonds is 9. The Bertz CT molecular complexity index is 1160. The zero-order valence-corrected chi connectivity index (χ0v) is 19.2. The van der Waals surface area contributed by atoms with Crippen LogP contribution < -0.4 is 10.1 Å². The summed E-state index contributed by atoms with van der Waals surface area (Å²) in [5, 5.41) is 3.24. The van der Waals surface area contributed by atoms with Gasteiger partial charge in [0.15, 0.2) is 11.6 Å². The van der Waals surface area contributed by atoms with E-state index in [0.717, 1.165) is 11.4 Å². The van der Waals surface area contributed by atoms with Gasteiger partial charge in [0.2, 0.25) is 0 Å². The van der Waals surface area contributed by atoms with Gasteiger partial charge in [-0.05, 0) is 48.4 Å². The Balaban J connectivity index is 1.57. The van der Waals surface area contributed by atoms with Crippen molar-refractivity contribution in [2.24, 2.45) is 0 Å². The quantitative estimate of drug-likeness (QED) is 0.483. The molecule has 2 aromatic heterocycles. The minimum atomic E-state index is -0.661. The predicted molar refractivity (Wildman–Crippen MR) is 124 cm³/mol. The smallest absolute Gasteiger partial charge is 0.308 e. The highest BCUT2D eigenvalue weighted by molar-refractivity contribution is 5.94. The number of nitrogens with one attached hydrogen (secondary N) is 1. The molecule has 0 saturated carbocycles. The first-order valence-electron chi connectivity index (χ1n) is 11.1. The molecular weight excluding hydrogens is 439 g/mol. The van der Waals surface area contributed by atoms with Crippen molar-refractivity contribution in [3.8, 4) is 5.75 Å². The largest absolute Gasteiger partial charge is 0.494 e. The average Bonchev–Trinajstić information content (AvgIpc) is 3.27. The molecule has 3 heterocycles. The molecule has 8 nitrogen and oxygen atoms in total. The van der Waals surface area contributed by atoms with E-state index in [1.165, 1.54) is 19.2 Å². The lowest BCUT2D eigenvalue weighted by molar-refractivity contribution is -0.144. The minimum absolute atomic E-state index is 0.0693. The fraction of sp³-hybridized carbons (Fsp3) is 0.320. The molecule has 1 amide bonds. The molecule has 9 heteroatoms. The number of hydrogen-bond donors (Lipinski definition) is 1. The zero-order valence-electron chi connectivity index (χ0n) is 19.2. The highest BCUT2D eigenvalue weighted by atomic mass is 19.1. The van der Waals surface area contributed by atoms with Crippen LogP contribution in [0.5, 0.6) is 5.75 Å². The van der Waals surface area contributed by atoms with Crippen molar-refractivity contribution in [2.75, 3.05) is 25.6 Å². The first-order chi connectivity index (χ1) is 16.5. The Kier molecular flexibility index (Phi) is 7.10. The Morgan fingerprint density at radius 3 is 2.79 bits per heavy atom. The third-order valence-corrected chi connectivity index (χ3v) is 5.76. The second-order valence-corrected chi connectivity index (χ2v) is 7.91. The van der Waals surface area contributed by atoms with E-state index in [4.69, 9.17) is 9.47 Å². The van der Waals surface area contributed by atoms with E-state index in [0.29, 0.717) is 30.9 Å². The lowest BCUT2D eigenvalue weighted by Gasteiger charge is -2.35. The second-order valence-electron chi connectivity index (χ2n) is 7.91. The van der Waals surface area contributed by atoms with E-state index < -0.39 is 17.8 Å². The lowest BCUT2D eigenvalue weighted by atomic mass is 10.00. The van der Waals surface area contributed by atoms with Crippen LogP contribution in [-0.2, 0) is 22.6 Å². The summed E-state index contributed by atoms with van der Waals surface area (Å²) < 4.78 is 26.5.